The van der Waals surface area contributed by atoms with Crippen molar-refractivity contribution in [3.63, 3.8) is 0 Å². The van der Waals surface area contributed by atoms with Crippen LogP contribution in [0.1, 0.15) is 40.5 Å². The maximum absolute atomic E-state index is 11.7. The second kappa shape index (κ2) is 6.32. The number of guanidine groups is 1. The molecule has 0 aromatic rings. The number of hydrogen-bond acceptors (Lipinski definition) is 4. The Hall–Kier alpha value is -1.30. The molecule has 0 saturated heterocycles. The molecular weight excluding hydrogens is 208 g/mol. The zero-order valence-corrected chi connectivity index (χ0v) is 10.5. The molecule has 0 saturated carbocycles. The van der Waals surface area contributed by atoms with Gasteiger partial charge in [-0.2, -0.15) is 0 Å². The summed E-state index contributed by atoms with van der Waals surface area (Å²) in [6.45, 7) is 7.77. The molecule has 16 heavy (non-hydrogen) atoms. The summed E-state index contributed by atoms with van der Waals surface area (Å²) >= 11 is 0. The number of nitrogens with two attached hydrogens (primary N) is 1. The monoisotopic (exact) mass is 230 g/mol. The third-order valence-electron chi connectivity index (χ3n) is 1.76. The summed E-state index contributed by atoms with van der Waals surface area (Å²) in [5.74, 6) is 4.97. The molecule has 0 rings (SSSR count). The van der Waals surface area contributed by atoms with Crippen molar-refractivity contribution in [3.8, 4) is 0 Å². The number of ether oxygens (including phenoxy) is 1. The van der Waals surface area contributed by atoms with Crippen molar-refractivity contribution in [2.75, 3.05) is 6.54 Å². The highest BCUT2D eigenvalue weighted by atomic mass is 16.6. The third kappa shape index (κ3) is 5.55. The summed E-state index contributed by atoms with van der Waals surface area (Å²) in [5, 5.41) is 7.50. The smallest absolute Gasteiger partial charge is 0.417 e. The van der Waals surface area contributed by atoms with Gasteiger partial charge >= 0.3 is 6.09 Å². The number of carbonyl (C=O) groups is 1. The van der Waals surface area contributed by atoms with Crippen LogP contribution >= 0.6 is 0 Å². The van der Waals surface area contributed by atoms with Crippen molar-refractivity contribution >= 4 is 12.1 Å². The maximum atomic E-state index is 11.7. The van der Waals surface area contributed by atoms with Gasteiger partial charge in [-0.25, -0.2) is 15.5 Å². The predicted molar refractivity (Wildman–Crippen MR) is 62.9 cm³/mol. The van der Waals surface area contributed by atoms with Crippen LogP contribution in [0.2, 0.25) is 0 Å². The fraction of sp³-hybridized carbons (Fsp3) is 0.800. The van der Waals surface area contributed by atoms with E-state index in [-0.39, 0.29) is 5.96 Å². The topological polar surface area (TPSA) is 91.4 Å². The quantitative estimate of drug-likeness (QED) is 0.296. The molecule has 0 aliphatic rings. The molecule has 0 heterocycles. The standard InChI is InChI=1S/C10H22N4O2/c1-5-6-7-14(8(11)13-12)9(15)16-10(2,3)4/h5-7,12H2,1-4H3,(H2,11,13). The largest absolute Gasteiger partial charge is 0.443 e. The van der Waals surface area contributed by atoms with E-state index in [0.717, 1.165) is 12.8 Å². The Balaban J connectivity index is 4.50. The van der Waals surface area contributed by atoms with Gasteiger partial charge in [-0.05, 0) is 27.2 Å². The molecule has 0 bridgehead atoms. The van der Waals surface area contributed by atoms with Crippen molar-refractivity contribution in [2.24, 2.45) is 5.84 Å². The van der Waals surface area contributed by atoms with Gasteiger partial charge in [0, 0.05) is 6.54 Å². The van der Waals surface area contributed by atoms with Crippen LogP contribution in [0.25, 0.3) is 0 Å². The Morgan fingerprint density at radius 3 is 2.44 bits per heavy atom. The van der Waals surface area contributed by atoms with Crippen LogP contribution in [0.3, 0.4) is 0 Å². The number of hydrogen-bond donors (Lipinski definition) is 3. The molecule has 0 unspecified atom stereocenters. The minimum absolute atomic E-state index is 0.150. The fourth-order valence-electron chi connectivity index (χ4n) is 1.01. The minimum atomic E-state index is -0.573. The second-order valence-corrected chi connectivity index (χ2v) is 4.48. The highest BCUT2D eigenvalue weighted by Crippen LogP contribution is 2.10. The van der Waals surface area contributed by atoms with E-state index in [2.05, 4.69) is 5.43 Å². The van der Waals surface area contributed by atoms with Crippen molar-refractivity contribution in [2.45, 2.75) is 46.1 Å². The molecular formula is C10H22N4O2. The summed E-state index contributed by atoms with van der Waals surface area (Å²) in [6.07, 6.45) is 1.17. The number of rotatable bonds is 3. The Labute approximate surface area is 96.6 Å². The molecule has 6 heteroatoms. The first kappa shape index (κ1) is 14.7. The van der Waals surface area contributed by atoms with Gasteiger partial charge in [-0.1, -0.05) is 13.3 Å². The molecule has 0 fully saturated rings. The summed E-state index contributed by atoms with van der Waals surface area (Å²) in [7, 11) is 0. The number of unbranched alkanes of at least 4 members (excludes halogenated alkanes) is 1. The number of carbonyl (C=O) groups excluding carboxylic acids is 1. The third-order valence-corrected chi connectivity index (χ3v) is 1.76. The molecule has 6 nitrogen and oxygen atoms in total. The summed E-state index contributed by atoms with van der Waals surface area (Å²) in [6, 6.07) is 0. The van der Waals surface area contributed by atoms with Crippen LogP contribution in [0.5, 0.6) is 0 Å². The first-order valence-electron chi connectivity index (χ1n) is 5.37. The van der Waals surface area contributed by atoms with E-state index in [9.17, 15) is 4.79 Å². The van der Waals surface area contributed by atoms with Gasteiger partial charge in [-0.3, -0.25) is 10.8 Å². The van der Waals surface area contributed by atoms with E-state index in [0.29, 0.717) is 6.54 Å². The van der Waals surface area contributed by atoms with E-state index in [1.165, 1.54) is 4.90 Å². The summed E-state index contributed by atoms with van der Waals surface area (Å²) < 4.78 is 5.17. The molecule has 0 aliphatic carbocycles. The van der Waals surface area contributed by atoms with Crippen molar-refractivity contribution in [1.82, 2.24) is 10.3 Å². The average molecular weight is 230 g/mol. The van der Waals surface area contributed by atoms with E-state index in [4.69, 9.17) is 16.0 Å². The van der Waals surface area contributed by atoms with Crippen LogP contribution in [-0.4, -0.2) is 29.1 Å². The van der Waals surface area contributed by atoms with Gasteiger partial charge in [0.15, 0.2) is 0 Å². The van der Waals surface area contributed by atoms with Crippen molar-refractivity contribution < 1.29 is 9.53 Å². The van der Waals surface area contributed by atoms with E-state index in [1.807, 2.05) is 6.92 Å². The molecule has 0 aromatic heterocycles. The van der Waals surface area contributed by atoms with E-state index >= 15 is 0 Å². The highest BCUT2D eigenvalue weighted by molar-refractivity contribution is 5.92. The molecule has 4 N–H and O–H groups in total. The lowest BCUT2D eigenvalue weighted by atomic mass is 10.2. The Morgan fingerprint density at radius 2 is 2.06 bits per heavy atom. The zero-order chi connectivity index (χ0) is 12.8. The van der Waals surface area contributed by atoms with Gasteiger partial charge in [0.05, 0.1) is 0 Å². The molecule has 0 atom stereocenters. The first-order chi connectivity index (χ1) is 7.31. The minimum Gasteiger partial charge on any atom is -0.443 e. The molecule has 0 radical (unpaired) electrons. The molecule has 0 aromatic carbocycles. The number of amides is 1. The van der Waals surface area contributed by atoms with Crippen LogP contribution in [0.4, 0.5) is 4.79 Å². The molecule has 94 valence electrons. The number of nitrogens with zero attached hydrogens (tertiary/aromatic N) is 1. The summed E-state index contributed by atoms with van der Waals surface area (Å²) in [5.41, 5.74) is 1.58. The van der Waals surface area contributed by atoms with E-state index < -0.39 is 11.7 Å². The molecule has 1 amide bonds. The number of hydrazine groups is 1. The number of nitrogens with one attached hydrogen (secondary N) is 2. The van der Waals surface area contributed by atoms with E-state index in [1.54, 1.807) is 20.8 Å². The van der Waals surface area contributed by atoms with Crippen LogP contribution in [0, 0.1) is 5.41 Å². The Bertz CT molecular complexity index is 248. The van der Waals surface area contributed by atoms with Crippen LogP contribution < -0.4 is 11.3 Å². The van der Waals surface area contributed by atoms with Crippen LogP contribution in [-0.2, 0) is 4.74 Å². The highest BCUT2D eigenvalue weighted by Gasteiger charge is 2.24. The lowest BCUT2D eigenvalue weighted by Crippen LogP contribution is -2.49. The van der Waals surface area contributed by atoms with Crippen molar-refractivity contribution in [3.05, 3.63) is 0 Å². The SMILES string of the molecule is CCCCN(C(=N)NN)C(=O)OC(C)(C)C. The van der Waals surface area contributed by atoms with Gasteiger partial charge in [0.25, 0.3) is 0 Å². The lowest BCUT2D eigenvalue weighted by Gasteiger charge is -2.27. The molecule has 0 aliphatic heterocycles. The zero-order valence-electron chi connectivity index (χ0n) is 10.5. The molecule has 0 spiro atoms. The first-order valence-corrected chi connectivity index (χ1v) is 5.37. The van der Waals surface area contributed by atoms with Crippen LogP contribution in [0.15, 0.2) is 0 Å². The van der Waals surface area contributed by atoms with Gasteiger partial charge in [0.2, 0.25) is 5.96 Å². The fourth-order valence-corrected chi connectivity index (χ4v) is 1.01. The van der Waals surface area contributed by atoms with Gasteiger partial charge in [-0.15, -0.1) is 0 Å². The lowest BCUT2D eigenvalue weighted by molar-refractivity contribution is 0.0361. The average Bonchev–Trinajstić information content (AvgIpc) is 2.15. The maximum Gasteiger partial charge on any atom is 0.417 e. The predicted octanol–water partition coefficient (Wildman–Crippen LogP) is 1.42. The summed E-state index contributed by atoms with van der Waals surface area (Å²) in [4.78, 5) is 12.9. The normalized spacial score (nSPS) is 10.8. The van der Waals surface area contributed by atoms with Gasteiger partial charge in [0.1, 0.15) is 5.60 Å². The second-order valence-electron chi connectivity index (χ2n) is 4.48. The van der Waals surface area contributed by atoms with Gasteiger partial charge < -0.3 is 4.74 Å². The van der Waals surface area contributed by atoms with Crippen molar-refractivity contribution in [1.29, 1.82) is 5.41 Å². The Kier molecular flexibility index (Phi) is 5.81. The Morgan fingerprint density at radius 1 is 1.50 bits per heavy atom.